The van der Waals surface area contributed by atoms with Crippen LogP contribution in [-0.4, -0.2) is 60.1 Å². The first-order valence-corrected chi connectivity index (χ1v) is 8.13. The summed E-state index contributed by atoms with van der Waals surface area (Å²) >= 11 is 0. The highest BCUT2D eigenvalue weighted by molar-refractivity contribution is 5.46. The zero-order chi connectivity index (χ0) is 15.6. The Bertz CT molecular complexity index is 617. The molecule has 0 bridgehead atoms. The van der Waals surface area contributed by atoms with E-state index >= 15 is 0 Å². The van der Waals surface area contributed by atoms with Crippen molar-refractivity contribution in [3.63, 3.8) is 0 Å². The second kappa shape index (κ2) is 6.29. The van der Waals surface area contributed by atoms with Gasteiger partial charge in [0.2, 0.25) is 5.89 Å². The quantitative estimate of drug-likeness (QED) is 0.860. The van der Waals surface area contributed by atoms with Gasteiger partial charge < -0.3 is 9.32 Å². The van der Waals surface area contributed by atoms with E-state index in [-0.39, 0.29) is 5.82 Å². The highest BCUT2D eigenvalue weighted by atomic mass is 19.1. The maximum atomic E-state index is 13.0. The lowest BCUT2D eigenvalue weighted by molar-refractivity contribution is 0.0207. The third-order valence-electron chi connectivity index (χ3n) is 4.80. The molecule has 3 heterocycles. The first-order chi connectivity index (χ1) is 11.3. The van der Waals surface area contributed by atoms with Gasteiger partial charge in [0, 0.05) is 51.0 Å². The van der Waals surface area contributed by atoms with Gasteiger partial charge in [-0.3, -0.25) is 9.80 Å². The molecular formula is C17H21FN4O. The van der Waals surface area contributed by atoms with Crippen LogP contribution in [0.1, 0.15) is 5.89 Å². The average Bonchev–Trinajstić information content (AvgIpc) is 3.05. The maximum Gasteiger partial charge on any atom is 0.208 e. The van der Waals surface area contributed by atoms with Crippen molar-refractivity contribution in [1.29, 1.82) is 0 Å². The van der Waals surface area contributed by atoms with Crippen molar-refractivity contribution in [2.45, 2.75) is 12.6 Å². The van der Waals surface area contributed by atoms with Crippen LogP contribution >= 0.6 is 0 Å². The second-order valence-corrected chi connectivity index (χ2v) is 6.27. The molecule has 0 unspecified atom stereocenters. The molecule has 2 aliphatic heterocycles. The summed E-state index contributed by atoms with van der Waals surface area (Å²) in [6.45, 7) is 7.10. The SMILES string of the molecule is Fc1ccc(N2CCN(C3CN(Cc4ncco4)C3)CC2)cc1. The Hall–Kier alpha value is -1.92. The fourth-order valence-corrected chi connectivity index (χ4v) is 3.42. The van der Waals surface area contributed by atoms with E-state index in [1.165, 1.54) is 12.1 Å². The average molecular weight is 316 g/mol. The lowest BCUT2D eigenvalue weighted by atomic mass is 10.1. The van der Waals surface area contributed by atoms with Crippen molar-refractivity contribution in [2.75, 3.05) is 44.2 Å². The molecule has 2 aliphatic rings. The summed E-state index contributed by atoms with van der Waals surface area (Å²) in [6, 6.07) is 7.45. The van der Waals surface area contributed by atoms with Crippen LogP contribution in [0.25, 0.3) is 0 Å². The van der Waals surface area contributed by atoms with Crippen molar-refractivity contribution in [3.8, 4) is 0 Å². The monoisotopic (exact) mass is 316 g/mol. The van der Waals surface area contributed by atoms with Gasteiger partial charge in [0.1, 0.15) is 12.1 Å². The number of aromatic nitrogens is 1. The summed E-state index contributed by atoms with van der Waals surface area (Å²) in [5.41, 5.74) is 1.12. The molecule has 0 radical (unpaired) electrons. The van der Waals surface area contributed by atoms with E-state index < -0.39 is 0 Å². The topological polar surface area (TPSA) is 35.8 Å². The molecule has 0 N–H and O–H groups in total. The van der Waals surface area contributed by atoms with Gasteiger partial charge in [-0.15, -0.1) is 0 Å². The summed E-state index contributed by atoms with van der Waals surface area (Å²) in [5, 5.41) is 0. The molecule has 4 rings (SSSR count). The Morgan fingerprint density at radius 2 is 1.83 bits per heavy atom. The number of hydrogen-bond acceptors (Lipinski definition) is 5. The first kappa shape index (κ1) is 14.7. The summed E-state index contributed by atoms with van der Waals surface area (Å²) in [7, 11) is 0. The standard InChI is InChI=1S/C17H21FN4O/c18-14-1-3-15(4-2-14)21-6-8-22(9-7-21)16-11-20(12-16)13-17-19-5-10-23-17/h1-5,10,16H,6-9,11-13H2. The molecular weight excluding hydrogens is 295 g/mol. The van der Waals surface area contributed by atoms with Gasteiger partial charge in [0.05, 0.1) is 12.7 Å². The minimum absolute atomic E-state index is 0.173. The third kappa shape index (κ3) is 3.23. The van der Waals surface area contributed by atoms with Gasteiger partial charge in [-0.25, -0.2) is 9.37 Å². The second-order valence-electron chi connectivity index (χ2n) is 6.27. The summed E-state index contributed by atoms with van der Waals surface area (Å²) < 4.78 is 18.3. The largest absolute Gasteiger partial charge is 0.448 e. The smallest absolute Gasteiger partial charge is 0.208 e. The zero-order valence-electron chi connectivity index (χ0n) is 13.1. The Balaban J connectivity index is 1.24. The minimum Gasteiger partial charge on any atom is -0.448 e. The number of nitrogens with zero attached hydrogens (tertiary/aromatic N) is 4. The fraction of sp³-hybridized carbons (Fsp3) is 0.471. The number of halogens is 1. The predicted molar refractivity (Wildman–Crippen MR) is 85.8 cm³/mol. The van der Waals surface area contributed by atoms with E-state index in [9.17, 15) is 4.39 Å². The van der Waals surface area contributed by atoms with Crippen LogP contribution in [0, 0.1) is 5.82 Å². The van der Waals surface area contributed by atoms with Crippen LogP contribution in [0.2, 0.25) is 0 Å². The number of hydrogen-bond donors (Lipinski definition) is 0. The lowest BCUT2D eigenvalue weighted by Gasteiger charge is -2.48. The Morgan fingerprint density at radius 3 is 2.48 bits per heavy atom. The van der Waals surface area contributed by atoms with Crippen molar-refractivity contribution in [3.05, 3.63) is 48.4 Å². The molecule has 2 aromatic rings. The Labute approximate surface area is 135 Å². The van der Waals surface area contributed by atoms with Crippen molar-refractivity contribution in [2.24, 2.45) is 0 Å². The van der Waals surface area contributed by atoms with Crippen molar-refractivity contribution >= 4 is 5.69 Å². The molecule has 0 amide bonds. The highest BCUT2D eigenvalue weighted by Crippen LogP contribution is 2.22. The van der Waals surface area contributed by atoms with E-state index in [4.69, 9.17) is 4.42 Å². The van der Waals surface area contributed by atoms with Gasteiger partial charge in [-0.2, -0.15) is 0 Å². The fourth-order valence-electron chi connectivity index (χ4n) is 3.42. The third-order valence-corrected chi connectivity index (χ3v) is 4.80. The van der Waals surface area contributed by atoms with E-state index in [0.717, 1.165) is 57.4 Å². The van der Waals surface area contributed by atoms with Gasteiger partial charge in [-0.05, 0) is 24.3 Å². The molecule has 122 valence electrons. The summed E-state index contributed by atoms with van der Waals surface area (Å²) in [5.74, 6) is 0.623. The summed E-state index contributed by atoms with van der Waals surface area (Å²) in [4.78, 5) is 11.4. The maximum absolute atomic E-state index is 13.0. The van der Waals surface area contributed by atoms with E-state index in [2.05, 4.69) is 19.7 Å². The molecule has 2 fully saturated rings. The first-order valence-electron chi connectivity index (χ1n) is 8.13. The molecule has 2 saturated heterocycles. The van der Waals surface area contributed by atoms with Gasteiger partial charge in [0.25, 0.3) is 0 Å². The predicted octanol–water partition coefficient (Wildman–Crippen LogP) is 1.82. The van der Waals surface area contributed by atoms with Crippen LogP contribution < -0.4 is 4.90 Å². The lowest BCUT2D eigenvalue weighted by Crippen LogP contribution is -2.62. The van der Waals surface area contributed by atoms with Crippen LogP contribution in [0.5, 0.6) is 0 Å². The number of oxazole rings is 1. The molecule has 23 heavy (non-hydrogen) atoms. The van der Waals surface area contributed by atoms with E-state index in [1.54, 1.807) is 12.5 Å². The minimum atomic E-state index is -0.173. The van der Waals surface area contributed by atoms with Gasteiger partial charge in [0.15, 0.2) is 0 Å². The molecule has 0 saturated carbocycles. The van der Waals surface area contributed by atoms with E-state index in [1.807, 2.05) is 12.1 Å². The molecule has 1 aromatic heterocycles. The van der Waals surface area contributed by atoms with Crippen LogP contribution in [0.4, 0.5) is 10.1 Å². The highest BCUT2D eigenvalue weighted by Gasteiger charge is 2.33. The number of likely N-dealkylation sites (tertiary alicyclic amines) is 1. The van der Waals surface area contributed by atoms with E-state index in [0.29, 0.717) is 6.04 Å². The van der Waals surface area contributed by atoms with Crippen molar-refractivity contribution in [1.82, 2.24) is 14.8 Å². The number of piperazine rings is 1. The summed E-state index contributed by atoms with van der Waals surface area (Å²) in [6.07, 6.45) is 3.32. The molecule has 0 spiro atoms. The zero-order valence-corrected chi connectivity index (χ0v) is 13.1. The van der Waals surface area contributed by atoms with Crippen LogP contribution in [-0.2, 0) is 6.54 Å². The molecule has 6 heteroatoms. The van der Waals surface area contributed by atoms with Gasteiger partial charge in [-0.1, -0.05) is 0 Å². The number of rotatable bonds is 4. The number of anilines is 1. The molecule has 0 aliphatic carbocycles. The van der Waals surface area contributed by atoms with Crippen LogP contribution in [0.3, 0.4) is 0 Å². The molecule has 5 nitrogen and oxygen atoms in total. The Morgan fingerprint density at radius 1 is 1.09 bits per heavy atom. The molecule has 0 atom stereocenters. The van der Waals surface area contributed by atoms with Gasteiger partial charge >= 0.3 is 0 Å². The molecule has 1 aromatic carbocycles. The van der Waals surface area contributed by atoms with Crippen molar-refractivity contribution < 1.29 is 8.81 Å². The van der Waals surface area contributed by atoms with Crippen LogP contribution in [0.15, 0.2) is 41.1 Å². The number of benzene rings is 1. The Kier molecular flexibility index (Phi) is 4.01. The normalized spacial score (nSPS) is 20.7.